The van der Waals surface area contributed by atoms with E-state index in [1.165, 1.54) is 0 Å². The van der Waals surface area contributed by atoms with Gasteiger partial charge >= 0.3 is 0 Å². The Kier molecular flexibility index (Phi) is 7.69. The molecule has 0 heterocycles. The Morgan fingerprint density at radius 2 is 2.24 bits per heavy atom. The van der Waals surface area contributed by atoms with Crippen LogP contribution in [0.2, 0.25) is 5.02 Å². The van der Waals surface area contributed by atoms with Crippen molar-refractivity contribution in [2.75, 3.05) is 25.1 Å². The second-order valence-electron chi connectivity index (χ2n) is 3.96. The highest BCUT2D eigenvalue weighted by atomic mass is 35.5. The lowest BCUT2D eigenvalue weighted by Gasteiger charge is -2.07. The highest BCUT2D eigenvalue weighted by Crippen LogP contribution is 2.19. The number of carbonyl (C=O) groups is 1. The molecule has 0 fully saturated rings. The predicted octanol–water partition coefficient (Wildman–Crippen LogP) is 2.26. The molecule has 3 N–H and O–H groups in total. The first-order valence-electron chi connectivity index (χ1n) is 6.17. The average Bonchev–Trinajstić information content (AvgIpc) is 2.44. The largest absolute Gasteiger partial charge is 0.375 e. The lowest BCUT2D eigenvalue weighted by atomic mass is 10.2. The molecule has 1 aromatic rings. The summed E-state index contributed by atoms with van der Waals surface area (Å²) >= 11 is 5.95. The van der Waals surface area contributed by atoms with Crippen LogP contribution >= 0.6 is 11.6 Å². The van der Waals surface area contributed by atoms with Crippen molar-refractivity contribution in [1.82, 2.24) is 0 Å². The second kappa shape index (κ2) is 9.29. The molecule has 0 aromatic heterocycles. The molecule has 0 saturated heterocycles. The summed E-state index contributed by atoms with van der Waals surface area (Å²) in [6.45, 7) is -0.537. The number of nitrogens with two attached hydrogens (primary N) is 1. The van der Waals surface area contributed by atoms with Gasteiger partial charge in [0.05, 0.1) is 24.6 Å². The molecule has 7 heteroatoms. The van der Waals surface area contributed by atoms with E-state index >= 15 is 0 Å². The minimum absolute atomic E-state index is 0.0147. The topological polar surface area (TPSA) is 64.3 Å². The van der Waals surface area contributed by atoms with Crippen molar-refractivity contribution in [3.63, 3.8) is 0 Å². The molecule has 4 nitrogen and oxygen atoms in total. The van der Waals surface area contributed by atoms with Crippen molar-refractivity contribution in [3.05, 3.63) is 28.8 Å². The molecule has 0 aliphatic heterocycles. The number of ether oxygens (including phenoxy) is 1. The molecule has 0 radical (unpaired) electrons. The van der Waals surface area contributed by atoms with Gasteiger partial charge in [0, 0.05) is 11.3 Å². The fourth-order valence-electron chi connectivity index (χ4n) is 1.41. The van der Waals surface area contributed by atoms with Gasteiger partial charge in [0.2, 0.25) is 5.91 Å². The Morgan fingerprint density at radius 1 is 1.48 bits per heavy atom. The fourth-order valence-corrected chi connectivity index (χ4v) is 1.57. The molecule has 114 valence electrons. The molecule has 0 spiro atoms. The van der Waals surface area contributed by atoms with E-state index in [0.717, 1.165) is 0 Å². The highest BCUT2D eigenvalue weighted by molar-refractivity contribution is 6.31. The molecule has 21 heavy (non-hydrogen) atoms. The van der Waals surface area contributed by atoms with Gasteiger partial charge in [-0.3, -0.25) is 4.79 Å². The number of carbonyl (C=O) groups excluding carboxylic acids is 1. The third-order valence-corrected chi connectivity index (χ3v) is 2.62. The molecule has 0 aliphatic carbocycles. The SMILES string of the molecule is NCC#Cc1cc(NC(=O)CCOCC(F)F)ccc1Cl. The molecule has 1 aromatic carbocycles. The maximum atomic E-state index is 11.8. The van der Waals surface area contributed by atoms with E-state index in [-0.39, 0.29) is 25.5 Å². The summed E-state index contributed by atoms with van der Waals surface area (Å²) in [7, 11) is 0. The number of rotatable bonds is 6. The van der Waals surface area contributed by atoms with E-state index in [1.807, 2.05) is 0 Å². The summed E-state index contributed by atoms with van der Waals surface area (Å²) < 4.78 is 28.3. The monoisotopic (exact) mass is 316 g/mol. The number of benzene rings is 1. The van der Waals surface area contributed by atoms with Gasteiger partial charge in [-0.25, -0.2) is 8.78 Å². The maximum Gasteiger partial charge on any atom is 0.261 e. The van der Waals surface area contributed by atoms with Crippen LogP contribution in [0.25, 0.3) is 0 Å². The van der Waals surface area contributed by atoms with Crippen LogP contribution < -0.4 is 11.1 Å². The summed E-state index contributed by atoms with van der Waals surface area (Å²) in [6, 6.07) is 4.84. The van der Waals surface area contributed by atoms with Crippen molar-refractivity contribution < 1.29 is 18.3 Å². The van der Waals surface area contributed by atoms with Crippen molar-refractivity contribution in [1.29, 1.82) is 0 Å². The third kappa shape index (κ3) is 7.04. The number of hydrogen-bond donors (Lipinski definition) is 2. The maximum absolute atomic E-state index is 11.8. The first kappa shape index (κ1) is 17.4. The van der Waals surface area contributed by atoms with Crippen LogP contribution in [0.3, 0.4) is 0 Å². The first-order valence-corrected chi connectivity index (χ1v) is 6.55. The predicted molar refractivity (Wildman–Crippen MR) is 77.5 cm³/mol. The van der Waals surface area contributed by atoms with Gasteiger partial charge in [0.15, 0.2) is 0 Å². The second-order valence-corrected chi connectivity index (χ2v) is 4.37. The first-order chi connectivity index (χ1) is 10.0. The molecule has 0 bridgehead atoms. The van der Waals surface area contributed by atoms with Gasteiger partial charge in [0.25, 0.3) is 6.43 Å². The van der Waals surface area contributed by atoms with Crippen LogP contribution in [0.15, 0.2) is 18.2 Å². The zero-order valence-corrected chi connectivity index (χ0v) is 11.9. The van der Waals surface area contributed by atoms with Gasteiger partial charge in [-0.1, -0.05) is 23.4 Å². The van der Waals surface area contributed by atoms with Crippen LogP contribution in [-0.4, -0.2) is 32.1 Å². The Bertz CT molecular complexity index is 542. The van der Waals surface area contributed by atoms with Crippen molar-refractivity contribution in [2.24, 2.45) is 5.73 Å². The molecule has 1 amide bonds. The lowest BCUT2D eigenvalue weighted by Crippen LogP contribution is -2.15. The quantitative estimate of drug-likeness (QED) is 0.625. The van der Waals surface area contributed by atoms with Crippen LogP contribution in [0.4, 0.5) is 14.5 Å². The fraction of sp³-hybridized carbons (Fsp3) is 0.357. The lowest BCUT2D eigenvalue weighted by molar-refractivity contribution is -0.117. The molecule has 0 saturated carbocycles. The van der Waals surface area contributed by atoms with E-state index in [0.29, 0.717) is 16.3 Å². The molecular formula is C14H15ClF2N2O2. The molecule has 0 unspecified atom stereocenters. The number of nitrogens with one attached hydrogen (secondary N) is 1. The Balaban J connectivity index is 2.52. The Hall–Kier alpha value is -1.68. The standard InChI is InChI=1S/C14H15ClF2N2O2/c15-12-4-3-11(8-10(12)2-1-6-18)19-14(20)5-7-21-9-13(16)17/h3-4,8,13H,5-7,9,18H2,(H,19,20). The van der Waals surface area contributed by atoms with Crippen molar-refractivity contribution in [3.8, 4) is 11.8 Å². The van der Waals surface area contributed by atoms with E-state index in [1.54, 1.807) is 18.2 Å². The summed E-state index contributed by atoms with van der Waals surface area (Å²) in [6.07, 6.45) is -2.55. The van der Waals surface area contributed by atoms with Crippen LogP contribution in [0.5, 0.6) is 0 Å². The van der Waals surface area contributed by atoms with Crippen molar-refractivity contribution in [2.45, 2.75) is 12.8 Å². The number of amides is 1. The van der Waals surface area contributed by atoms with Gasteiger partial charge < -0.3 is 15.8 Å². The van der Waals surface area contributed by atoms with E-state index in [9.17, 15) is 13.6 Å². The minimum atomic E-state index is -2.53. The van der Waals surface area contributed by atoms with Crippen LogP contribution in [0.1, 0.15) is 12.0 Å². The smallest absolute Gasteiger partial charge is 0.261 e. The van der Waals surface area contributed by atoms with E-state index < -0.39 is 13.0 Å². The molecule has 1 rings (SSSR count). The summed E-state index contributed by atoms with van der Waals surface area (Å²) in [5.41, 5.74) is 6.34. The van der Waals surface area contributed by atoms with Gasteiger partial charge in [-0.2, -0.15) is 0 Å². The number of alkyl halides is 2. The van der Waals surface area contributed by atoms with E-state index in [4.69, 9.17) is 17.3 Å². The van der Waals surface area contributed by atoms with Gasteiger partial charge in [0.1, 0.15) is 6.61 Å². The van der Waals surface area contributed by atoms with Crippen LogP contribution in [0, 0.1) is 11.8 Å². The third-order valence-electron chi connectivity index (χ3n) is 2.29. The zero-order valence-electron chi connectivity index (χ0n) is 11.2. The zero-order chi connectivity index (χ0) is 15.7. The number of halogens is 3. The normalized spacial score (nSPS) is 10.1. The molecular weight excluding hydrogens is 302 g/mol. The van der Waals surface area contributed by atoms with Gasteiger partial charge in [-0.05, 0) is 18.2 Å². The van der Waals surface area contributed by atoms with E-state index in [2.05, 4.69) is 21.9 Å². The number of anilines is 1. The Labute approximate surface area is 126 Å². The van der Waals surface area contributed by atoms with Crippen LogP contribution in [-0.2, 0) is 9.53 Å². The molecule has 0 atom stereocenters. The average molecular weight is 317 g/mol. The highest BCUT2D eigenvalue weighted by Gasteiger charge is 2.06. The number of hydrogen-bond acceptors (Lipinski definition) is 3. The van der Waals surface area contributed by atoms with Gasteiger partial charge in [-0.15, -0.1) is 0 Å². The van der Waals surface area contributed by atoms with Crippen molar-refractivity contribution >= 4 is 23.2 Å². The molecule has 0 aliphatic rings. The summed E-state index contributed by atoms with van der Waals surface area (Å²) in [5, 5.41) is 3.06. The summed E-state index contributed by atoms with van der Waals surface area (Å²) in [4.78, 5) is 11.6. The summed E-state index contributed by atoms with van der Waals surface area (Å²) in [5.74, 6) is 5.11. The minimum Gasteiger partial charge on any atom is -0.375 e. The Morgan fingerprint density at radius 3 is 2.90 bits per heavy atom.